The van der Waals surface area contributed by atoms with Gasteiger partial charge in [0.05, 0.1) is 7.11 Å². The summed E-state index contributed by atoms with van der Waals surface area (Å²) in [5.41, 5.74) is 0.990. The number of carbonyl (C=O) groups excluding carboxylic acids is 2. The highest BCUT2D eigenvalue weighted by molar-refractivity contribution is 6.01. The summed E-state index contributed by atoms with van der Waals surface area (Å²) in [6, 6.07) is 7.34. The van der Waals surface area contributed by atoms with Crippen molar-refractivity contribution in [2.75, 3.05) is 20.2 Å². The van der Waals surface area contributed by atoms with E-state index in [0.717, 1.165) is 24.2 Å². The number of carbonyl (C=O) groups is 2. The van der Waals surface area contributed by atoms with E-state index in [1.54, 1.807) is 12.0 Å². The molecule has 1 fully saturated rings. The van der Waals surface area contributed by atoms with E-state index in [-0.39, 0.29) is 18.5 Å². The fourth-order valence-corrected chi connectivity index (χ4v) is 2.21. The summed E-state index contributed by atoms with van der Waals surface area (Å²) in [5.74, 6) is 0.680. The van der Waals surface area contributed by atoms with Crippen LogP contribution in [0.2, 0.25) is 0 Å². The van der Waals surface area contributed by atoms with Crippen molar-refractivity contribution < 1.29 is 14.3 Å². The zero-order chi connectivity index (χ0) is 14.5. The van der Waals surface area contributed by atoms with Crippen molar-refractivity contribution in [1.82, 2.24) is 9.80 Å². The molecule has 0 saturated carbocycles. The van der Waals surface area contributed by atoms with E-state index in [4.69, 9.17) is 4.74 Å². The largest absolute Gasteiger partial charge is 0.497 e. The zero-order valence-corrected chi connectivity index (χ0v) is 12.0. The summed E-state index contributed by atoms with van der Waals surface area (Å²) in [4.78, 5) is 26.9. The number of hydrogen-bond acceptors (Lipinski definition) is 3. The highest BCUT2D eigenvalue weighted by Gasteiger charge is 2.35. The fourth-order valence-electron chi connectivity index (χ4n) is 2.21. The number of amides is 3. The van der Waals surface area contributed by atoms with Crippen LogP contribution in [0, 0.1) is 0 Å². The number of methoxy groups -OCH3 is 1. The minimum Gasteiger partial charge on any atom is -0.497 e. The van der Waals surface area contributed by atoms with Gasteiger partial charge in [-0.15, -0.1) is 0 Å². The fraction of sp³-hybridized carbons (Fsp3) is 0.467. The molecule has 1 saturated heterocycles. The average Bonchev–Trinajstić information content (AvgIpc) is 2.72. The van der Waals surface area contributed by atoms with Crippen LogP contribution in [0.3, 0.4) is 0 Å². The smallest absolute Gasteiger partial charge is 0.327 e. The third-order valence-corrected chi connectivity index (χ3v) is 3.40. The Morgan fingerprint density at radius 1 is 1.20 bits per heavy atom. The highest BCUT2D eigenvalue weighted by atomic mass is 16.5. The predicted octanol–water partition coefficient (Wildman–Crippen LogP) is 2.26. The molecule has 1 aromatic rings. The van der Waals surface area contributed by atoms with E-state index in [1.807, 2.05) is 31.2 Å². The topological polar surface area (TPSA) is 49.9 Å². The van der Waals surface area contributed by atoms with Gasteiger partial charge in [-0.3, -0.25) is 9.69 Å². The molecule has 0 aliphatic carbocycles. The van der Waals surface area contributed by atoms with Crippen LogP contribution in [-0.4, -0.2) is 41.9 Å². The maximum Gasteiger partial charge on any atom is 0.327 e. The lowest BCUT2D eigenvalue weighted by atomic mass is 10.2. The van der Waals surface area contributed by atoms with E-state index in [2.05, 4.69) is 0 Å². The SMILES string of the molecule is CCCCN1C(=O)CN(Cc2ccc(OC)cc2)C1=O. The first-order valence-electron chi connectivity index (χ1n) is 6.88. The Morgan fingerprint density at radius 2 is 1.90 bits per heavy atom. The van der Waals surface area contributed by atoms with Gasteiger partial charge in [-0.2, -0.15) is 0 Å². The summed E-state index contributed by atoms with van der Waals surface area (Å²) in [5, 5.41) is 0. The summed E-state index contributed by atoms with van der Waals surface area (Å²) in [6.07, 6.45) is 1.82. The molecule has 108 valence electrons. The molecule has 20 heavy (non-hydrogen) atoms. The van der Waals surface area contributed by atoms with Crippen LogP contribution < -0.4 is 4.74 Å². The van der Waals surface area contributed by atoms with Gasteiger partial charge in [-0.05, 0) is 24.1 Å². The van der Waals surface area contributed by atoms with Crippen LogP contribution in [0.25, 0.3) is 0 Å². The molecule has 5 nitrogen and oxygen atoms in total. The number of nitrogens with zero attached hydrogens (tertiary/aromatic N) is 2. The van der Waals surface area contributed by atoms with E-state index in [9.17, 15) is 9.59 Å². The number of urea groups is 1. The first-order chi connectivity index (χ1) is 9.65. The van der Waals surface area contributed by atoms with Crippen molar-refractivity contribution in [3.05, 3.63) is 29.8 Å². The van der Waals surface area contributed by atoms with Crippen LogP contribution in [0.5, 0.6) is 5.75 Å². The molecule has 5 heteroatoms. The molecule has 1 heterocycles. The van der Waals surface area contributed by atoms with Crippen molar-refractivity contribution in [2.24, 2.45) is 0 Å². The molecule has 0 spiro atoms. The summed E-state index contributed by atoms with van der Waals surface area (Å²) in [7, 11) is 1.61. The van der Waals surface area contributed by atoms with Crippen molar-refractivity contribution in [3.8, 4) is 5.75 Å². The maximum atomic E-state index is 12.2. The second-order valence-corrected chi connectivity index (χ2v) is 4.89. The number of benzene rings is 1. The lowest BCUT2D eigenvalue weighted by Gasteiger charge is -2.17. The van der Waals surface area contributed by atoms with Crippen LogP contribution >= 0.6 is 0 Å². The Hall–Kier alpha value is -2.04. The lowest BCUT2D eigenvalue weighted by Crippen LogP contribution is -2.33. The summed E-state index contributed by atoms with van der Waals surface area (Å²) < 4.78 is 5.10. The maximum absolute atomic E-state index is 12.2. The third kappa shape index (κ3) is 3.10. The van der Waals surface area contributed by atoms with Crippen molar-refractivity contribution in [1.29, 1.82) is 0 Å². The highest BCUT2D eigenvalue weighted by Crippen LogP contribution is 2.17. The first kappa shape index (κ1) is 14.4. The molecular formula is C15H20N2O3. The Morgan fingerprint density at radius 3 is 2.50 bits per heavy atom. The van der Waals surface area contributed by atoms with Crippen molar-refractivity contribution in [2.45, 2.75) is 26.3 Å². The van der Waals surface area contributed by atoms with E-state index < -0.39 is 0 Å². The third-order valence-electron chi connectivity index (χ3n) is 3.40. The average molecular weight is 276 g/mol. The number of hydrogen-bond donors (Lipinski definition) is 0. The molecule has 0 bridgehead atoms. The Bertz CT molecular complexity index is 484. The van der Waals surface area contributed by atoms with Gasteiger partial charge in [-0.1, -0.05) is 25.5 Å². The van der Waals surface area contributed by atoms with Gasteiger partial charge >= 0.3 is 6.03 Å². The number of ether oxygens (including phenoxy) is 1. The van der Waals surface area contributed by atoms with Crippen LogP contribution in [0.1, 0.15) is 25.3 Å². The Labute approximate surface area is 119 Å². The molecule has 0 aromatic heterocycles. The predicted molar refractivity (Wildman–Crippen MR) is 75.4 cm³/mol. The molecule has 0 atom stereocenters. The van der Waals surface area contributed by atoms with Crippen LogP contribution in [0.4, 0.5) is 4.79 Å². The molecule has 1 aliphatic heterocycles. The van der Waals surface area contributed by atoms with Gasteiger partial charge in [0.25, 0.3) is 0 Å². The monoisotopic (exact) mass is 276 g/mol. The molecule has 0 unspecified atom stereocenters. The molecule has 1 aliphatic rings. The normalized spacial score (nSPS) is 15.1. The standard InChI is InChI=1S/C15H20N2O3/c1-3-4-9-17-14(18)11-16(15(17)19)10-12-5-7-13(20-2)8-6-12/h5-8H,3-4,9-11H2,1-2H3. The Kier molecular flexibility index (Phi) is 4.61. The molecule has 3 amide bonds. The molecular weight excluding hydrogens is 256 g/mol. The molecule has 0 radical (unpaired) electrons. The second kappa shape index (κ2) is 6.41. The molecule has 2 rings (SSSR count). The van der Waals surface area contributed by atoms with Gasteiger partial charge in [0.2, 0.25) is 5.91 Å². The first-order valence-corrected chi connectivity index (χ1v) is 6.88. The van der Waals surface area contributed by atoms with E-state index in [0.29, 0.717) is 13.1 Å². The van der Waals surface area contributed by atoms with E-state index in [1.165, 1.54) is 4.90 Å². The summed E-state index contributed by atoms with van der Waals surface area (Å²) >= 11 is 0. The van der Waals surface area contributed by atoms with Gasteiger partial charge in [0, 0.05) is 13.1 Å². The lowest BCUT2D eigenvalue weighted by molar-refractivity contribution is -0.125. The van der Waals surface area contributed by atoms with E-state index >= 15 is 0 Å². The zero-order valence-electron chi connectivity index (χ0n) is 12.0. The number of unbranched alkanes of at least 4 members (excludes halogenated alkanes) is 1. The minimum atomic E-state index is -0.181. The van der Waals surface area contributed by atoms with Gasteiger partial charge in [0.15, 0.2) is 0 Å². The number of imide groups is 1. The number of rotatable bonds is 6. The van der Waals surface area contributed by atoms with Gasteiger partial charge in [-0.25, -0.2) is 4.79 Å². The minimum absolute atomic E-state index is 0.100. The van der Waals surface area contributed by atoms with Gasteiger partial charge < -0.3 is 9.64 Å². The molecule has 1 aromatic carbocycles. The van der Waals surface area contributed by atoms with Gasteiger partial charge in [0.1, 0.15) is 12.3 Å². The summed E-state index contributed by atoms with van der Waals surface area (Å²) in [6.45, 7) is 3.19. The van der Waals surface area contributed by atoms with Crippen LogP contribution in [0.15, 0.2) is 24.3 Å². The Balaban J connectivity index is 1.99. The quantitative estimate of drug-likeness (QED) is 0.749. The second-order valence-electron chi connectivity index (χ2n) is 4.89. The molecule has 0 N–H and O–H groups in total. The van der Waals surface area contributed by atoms with Crippen molar-refractivity contribution >= 4 is 11.9 Å². The van der Waals surface area contributed by atoms with Crippen LogP contribution in [-0.2, 0) is 11.3 Å². The van der Waals surface area contributed by atoms with Crippen molar-refractivity contribution in [3.63, 3.8) is 0 Å².